The van der Waals surface area contributed by atoms with Gasteiger partial charge in [0.15, 0.2) is 11.6 Å². The van der Waals surface area contributed by atoms with E-state index in [-0.39, 0.29) is 23.0 Å². The average molecular weight is 290 g/mol. The normalized spacial score (nSPS) is 13.9. The molecule has 1 aromatic carbocycles. The van der Waals surface area contributed by atoms with Gasteiger partial charge in [0.05, 0.1) is 5.56 Å². The molecule has 0 aromatic heterocycles. The zero-order valence-corrected chi connectivity index (χ0v) is 11.5. The fourth-order valence-corrected chi connectivity index (χ4v) is 1.86. The Labute approximate surface area is 112 Å². The first-order valence-corrected chi connectivity index (χ1v) is 7.30. The first-order chi connectivity index (χ1) is 8.82. The maximum atomic E-state index is 13.0. The molecule has 0 radical (unpaired) electrons. The molecule has 0 spiro atoms. The van der Waals surface area contributed by atoms with Gasteiger partial charge < -0.3 is 11.1 Å². The number of nitrogens with one attached hydrogen (secondary N) is 1. The van der Waals surface area contributed by atoms with Crippen LogP contribution in [-0.4, -0.2) is 28.2 Å². The molecule has 1 aromatic rings. The summed E-state index contributed by atoms with van der Waals surface area (Å²) in [5.74, 6) is -2.79. The Morgan fingerprint density at radius 3 is 2.58 bits per heavy atom. The van der Waals surface area contributed by atoms with Gasteiger partial charge in [0.1, 0.15) is 0 Å². The van der Waals surface area contributed by atoms with Gasteiger partial charge in [0.2, 0.25) is 0 Å². The van der Waals surface area contributed by atoms with Crippen LogP contribution in [0.2, 0.25) is 0 Å². The summed E-state index contributed by atoms with van der Waals surface area (Å²) in [6.45, 7) is 2.09. The van der Waals surface area contributed by atoms with Gasteiger partial charge in [-0.05, 0) is 12.5 Å². The number of benzene rings is 1. The predicted molar refractivity (Wildman–Crippen MR) is 71.2 cm³/mol. The molecule has 1 amide bonds. The summed E-state index contributed by atoms with van der Waals surface area (Å²) in [5.41, 5.74) is 5.23. The fraction of sp³-hybridized carbons (Fsp3) is 0.417. The number of carbonyl (C=O) groups is 1. The average Bonchev–Trinajstić information content (AvgIpc) is 2.33. The van der Waals surface area contributed by atoms with Crippen molar-refractivity contribution in [3.63, 3.8) is 0 Å². The summed E-state index contributed by atoms with van der Waals surface area (Å²) in [4.78, 5) is 11.7. The van der Waals surface area contributed by atoms with E-state index in [4.69, 9.17) is 5.73 Å². The predicted octanol–water partition coefficient (Wildman–Crippen LogP) is 1.43. The van der Waals surface area contributed by atoms with Crippen LogP contribution in [0, 0.1) is 11.6 Å². The molecule has 4 nitrogen and oxygen atoms in total. The maximum absolute atomic E-state index is 13.0. The van der Waals surface area contributed by atoms with Crippen molar-refractivity contribution in [1.82, 2.24) is 5.32 Å². The summed E-state index contributed by atoms with van der Waals surface area (Å²) in [7, 11) is -0.966. The maximum Gasteiger partial charge on any atom is 0.253 e. The van der Waals surface area contributed by atoms with Crippen LogP contribution in [0.25, 0.3) is 0 Å². The molecule has 2 atom stereocenters. The van der Waals surface area contributed by atoms with Gasteiger partial charge in [-0.1, -0.05) is 6.92 Å². The second-order valence-electron chi connectivity index (χ2n) is 4.21. The van der Waals surface area contributed by atoms with Crippen molar-refractivity contribution >= 4 is 22.4 Å². The lowest BCUT2D eigenvalue weighted by Gasteiger charge is -2.10. The molecular formula is C12H16F2N2O2S. The van der Waals surface area contributed by atoms with E-state index in [1.165, 1.54) is 0 Å². The molecule has 0 aliphatic heterocycles. The highest BCUT2D eigenvalue weighted by Gasteiger charge is 2.14. The van der Waals surface area contributed by atoms with E-state index in [1.54, 1.807) is 13.2 Å². The topological polar surface area (TPSA) is 72.2 Å². The van der Waals surface area contributed by atoms with Crippen LogP contribution >= 0.6 is 0 Å². The van der Waals surface area contributed by atoms with Crippen LogP contribution in [0.4, 0.5) is 14.5 Å². The molecule has 7 heteroatoms. The lowest BCUT2D eigenvalue weighted by atomic mass is 10.1. The van der Waals surface area contributed by atoms with E-state index in [9.17, 15) is 17.8 Å². The van der Waals surface area contributed by atoms with Gasteiger partial charge in [0.25, 0.3) is 5.91 Å². The Balaban J connectivity index is 2.64. The number of hydrogen-bond donors (Lipinski definition) is 2. The van der Waals surface area contributed by atoms with Crippen LogP contribution in [0.1, 0.15) is 23.7 Å². The van der Waals surface area contributed by atoms with Crippen LogP contribution < -0.4 is 11.1 Å². The number of halogens is 2. The lowest BCUT2D eigenvalue weighted by Crippen LogP contribution is -2.28. The van der Waals surface area contributed by atoms with Gasteiger partial charge >= 0.3 is 0 Å². The van der Waals surface area contributed by atoms with Crippen LogP contribution in [0.3, 0.4) is 0 Å². The minimum absolute atomic E-state index is 0.0531. The Morgan fingerprint density at radius 1 is 1.42 bits per heavy atom. The molecule has 0 heterocycles. The highest BCUT2D eigenvalue weighted by molar-refractivity contribution is 7.84. The van der Waals surface area contributed by atoms with E-state index in [2.05, 4.69) is 5.32 Å². The Kier molecular flexibility index (Phi) is 5.41. The number of rotatable bonds is 5. The first-order valence-electron chi connectivity index (χ1n) is 5.68. The molecule has 0 saturated carbocycles. The Morgan fingerprint density at radius 2 is 2.00 bits per heavy atom. The molecule has 3 N–H and O–H groups in total. The molecular weight excluding hydrogens is 274 g/mol. The number of nitrogen functional groups attached to an aromatic ring is 1. The van der Waals surface area contributed by atoms with Gasteiger partial charge in [-0.2, -0.15) is 0 Å². The summed E-state index contributed by atoms with van der Waals surface area (Å²) in [6, 6.07) is 1.54. The number of carbonyl (C=O) groups excluding carboxylic acids is 1. The van der Waals surface area contributed by atoms with E-state index in [1.807, 2.05) is 0 Å². The Hall–Kier alpha value is -1.50. The van der Waals surface area contributed by atoms with E-state index in [0.717, 1.165) is 12.1 Å². The number of anilines is 1. The third kappa shape index (κ3) is 4.27. The standard InChI is InChI=1S/C12H16F2N2O2S/c1-7(19(2)18)3-4-16-12(17)8-5-9(13)10(14)6-11(8)15/h5-7H,3-4,15H2,1-2H3,(H,16,17). The van der Waals surface area contributed by atoms with Crippen LogP contribution in [0.15, 0.2) is 12.1 Å². The minimum Gasteiger partial charge on any atom is -0.398 e. The fourth-order valence-electron chi connectivity index (χ4n) is 1.41. The smallest absolute Gasteiger partial charge is 0.253 e. The zero-order valence-electron chi connectivity index (χ0n) is 10.7. The van der Waals surface area contributed by atoms with E-state index >= 15 is 0 Å². The van der Waals surface area contributed by atoms with E-state index in [0.29, 0.717) is 6.42 Å². The third-order valence-corrected chi connectivity index (χ3v) is 4.11. The highest BCUT2D eigenvalue weighted by Crippen LogP contribution is 2.16. The molecule has 1 rings (SSSR count). The van der Waals surface area contributed by atoms with Crippen LogP contribution in [-0.2, 0) is 10.8 Å². The summed E-state index contributed by atoms with van der Waals surface area (Å²) >= 11 is 0. The quantitative estimate of drug-likeness (QED) is 0.806. The van der Waals surface area contributed by atoms with Crippen molar-refractivity contribution in [2.24, 2.45) is 0 Å². The number of hydrogen-bond acceptors (Lipinski definition) is 3. The number of nitrogens with two attached hydrogens (primary N) is 1. The third-order valence-electron chi connectivity index (χ3n) is 2.74. The summed E-state index contributed by atoms with van der Waals surface area (Å²) < 4.78 is 37.0. The second kappa shape index (κ2) is 6.60. The van der Waals surface area contributed by atoms with Crippen molar-refractivity contribution < 1.29 is 17.8 Å². The highest BCUT2D eigenvalue weighted by atomic mass is 32.2. The zero-order chi connectivity index (χ0) is 14.6. The van der Waals surface area contributed by atoms with Crippen molar-refractivity contribution in [2.45, 2.75) is 18.6 Å². The van der Waals surface area contributed by atoms with Crippen molar-refractivity contribution in [3.05, 3.63) is 29.3 Å². The molecule has 0 bridgehead atoms. The summed E-state index contributed by atoms with van der Waals surface area (Å²) in [5, 5.41) is 2.48. The largest absolute Gasteiger partial charge is 0.398 e. The SMILES string of the molecule is CC(CCNC(=O)c1cc(F)c(F)cc1N)S(C)=O. The first kappa shape index (κ1) is 15.6. The number of amides is 1. The monoisotopic (exact) mass is 290 g/mol. The lowest BCUT2D eigenvalue weighted by molar-refractivity contribution is 0.0953. The van der Waals surface area contributed by atoms with E-state index < -0.39 is 28.3 Å². The Bertz CT molecular complexity index is 509. The van der Waals surface area contributed by atoms with Gasteiger partial charge in [-0.15, -0.1) is 0 Å². The van der Waals surface area contributed by atoms with Crippen molar-refractivity contribution in [1.29, 1.82) is 0 Å². The molecule has 0 saturated heterocycles. The van der Waals surface area contributed by atoms with Gasteiger partial charge in [0, 0.05) is 40.6 Å². The molecule has 0 fully saturated rings. The van der Waals surface area contributed by atoms with Gasteiger partial charge in [-0.3, -0.25) is 9.00 Å². The van der Waals surface area contributed by atoms with Crippen molar-refractivity contribution in [2.75, 3.05) is 18.5 Å². The minimum atomic E-state index is -1.12. The molecule has 0 aliphatic carbocycles. The molecule has 0 aliphatic rings. The molecule has 2 unspecified atom stereocenters. The second-order valence-corrected chi connectivity index (χ2v) is 6.01. The summed E-state index contributed by atoms with van der Waals surface area (Å²) in [6.07, 6.45) is 2.11. The van der Waals surface area contributed by atoms with Crippen LogP contribution in [0.5, 0.6) is 0 Å². The molecule has 106 valence electrons. The molecule has 19 heavy (non-hydrogen) atoms. The van der Waals surface area contributed by atoms with Gasteiger partial charge in [-0.25, -0.2) is 8.78 Å². The van der Waals surface area contributed by atoms with Crippen molar-refractivity contribution in [3.8, 4) is 0 Å².